The van der Waals surface area contributed by atoms with Crippen LogP contribution < -0.4 is 0 Å². The van der Waals surface area contributed by atoms with Crippen LogP contribution in [0.25, 0.3) is 22.4 Å². The van der Waals surface area contributed by atoms with E-state index in [1.807, 2.05) is 23.7 Å². The lowest BCUT2D eigenvalue weighted by Gasteiger charge is -2.23. The molecule has 0 spiro atoms. The first-order valence-electron chi connectivity index (χ1n) is 9.22. The molecule has 1 unspecified atom stereocenters. The maximum Gasteiger partial charge on any atom is 0.197 e. The standard InChI is InChI=1S/C21H17FN6/c1-12-7-14(22)4-5-16(12)17-3-2-6-28-21(17)26-20(27-28)18-9-13-8-15(10-23)24-11-19(13)25-18/h4-5,7-9,11,17,25H,2-3,6H2,1H3. The van der Waals surface area contributed by atoms with Crippen LogP contribution in [-0.2, 0) is 6.54 Å². The quantitative estimate of drug-likeness (QED) is 0.575. The SMILES string of the molecule is Cc1cc(F)ccc1C1CCCn2nc(-c3cc4cc(C#N)ncc4[nH]3)nc21. The van der Waals surface area contributed by atoms with E-state index in [4.69, 9.17) is 15.3 Å². The Morgan fingerprint density at radius 3 is 3.00 bits per heavy atom. The molecule has 1 aromatic carbocycles. The Kier molecular flexibility index (Phi) is 3.72. The maximum absolute atomic E-state index is 13.5. The molecule has 0 saturated heterocycles. The summed E-state index contributed by atoms with van der Waals surface area (Å²) in [7, 11) is 0. The lowest BCUT2D eigenvalue weighted by Crippen LogP contribution is -2.18. The van der Waals surface area contributed by atoms with E-state index in [0.29, 0.717) is 11.5 Å². The number of hydrogen-bond acceptors (Lipinski definition) is 4. The molecule has 0 saturated carbocycles. The van der Waals surface area contributed by atoms with E-state index < -0.39 is 0 Å². The van der Waals surface area contributed by atoms with Crippen molar-refractivity contribution in [1.29, 1.82) is 5.26 Å². The van der Waals surface area contributed by atoms with Gasteiger partial charge < -0.3 is 4.98 Å². The molecule has 4 heterocycles. The Morgan fingerprint density at radius 2 is 2.18 bits per heavy atom. The van der Waals surface area contributed by atoms with Crippen molar-refractivity contribution < 1.29 is 4.39 Å². The second-order valence-electron chi connectivity index (χ2n) is 7.16. The van der Waals surface area contributed by atoms with Crippen molar-refractivity contribution in [2.45, 2.75) is 32.2 Å². The van der Waals surface area contributed by atoms with Crippen molar-refractivity contribution in [3.63, 3.8) is 0 Å². The molecule has 6 nitrogen and oxygen atoms in total. The molecule has 1 aliphatic rings. The minimum atomic E-state index is -0.220. The van der Waals surface area contributed by atoms with Crippen LogP contribution in [0.5, 0.6) is 0 Å². The summed E-state index contributed by atoms with van der Waals surface area (Å²) in [4.78, 5) is 12.2. The summed E-state index contributed by atoms with van der Waals surface area (Å²) < 4.78 is 15.5. The lowest BCUT2D eigenvalue weighted by atomic mass is 9.88. The number of nitrogens with zero attached hydrogens (tertiary/aromatic N) is 5. The third kappa shape index (κ3) is 2.65. The molecule has 0 bridgehead atoms. The number of halogens is 1. The van der Waals surface area contributed by atoms with E-state index in [2.05, 4.69) is 16.0 Å². The molecule has 3 aromatic heterocycles. The van der Waals surface area contributed by atoms with Crippen LogP contribution in [0.15, 0.2) is 36.5 Å². The number of aromatic nitrogens is 5. The highest BCUT2D eigenvalue weighted by Crippen LogP contribution is 2.35. The van der Waals surface area contributed by atoms with Crippen LogP contribution >= 0.6 is 0 Å². The summed E-state index contributed by atoms with van der Waals surface area (Å²) in [6.45, 7) is 2.76. The maximum atomic E-state index is 13.5. The van der Waals surface area contributed by atoms with Gasteiger partial charge in [0.15, 0.2) is 5.82 Å². The monoisotopic (exact) mass is 372 g/mol. The zero-order valence-electron chi connectivity index (χ0n) is 15.3. The van der Waals surface area contributed by atoms with Crippen LogP contribution in [0.2, 0.25) is 0 Å². The summed E-state index contributed by atoms with van der Waals surface area (Å²) in [6.07, 6.45) is 3.62. The van der Waals surface area contributed by atoms with Crippen LogP contribution in [-0.4, -0.2) is 24.7 Å². The molecular weight excluding hydrogens is 355 g/mol. The van der Waals surface area contributed by atoms with Gasteiger partial charge in [0.2, 0.25) is 0 Å². The molecule has 0 amide bonds. The van der Waals surface area contributed by atoms with Crippen molar-refractivity contribution in [2.75, 3.05) is 0 Å². The third-order valence-corrected chi connectivity index (χ3v) is 5.34. The van der Waals surface area contributed by atoms with Gasteiger partial charge in [-0.1, -0.05) is 6.07 Å². The fourth-order valence-electron chi connectivity index (χ4n) is 4.00. The Labute approximate surface area is 160 Å². The first-order valence-corrected chi connectivity index (χ1v) is 9.22. The van der Waals surface area contributed by atoms with Crippen LogP contribution in [0.4, 0.5) is 4.39 Å². The lowest BCUT2D eigenvalue weighted by molar-refractivity contribution is 0.445. The van der Waals surface area contributed by atoms with Gasteiger partial charge in [-0.2, -0.15) is 5.26 Å². The van der Waals surface area contributed by atoms with E-state index in [-0.39, 0.29) is 11.7 Å². The number of H-pyrrole nitrogens is 1. The Hall–Kier alpha value is -3.53. The summed E-state index contributed by atoms with van der Waals surface area (Å²) in [5.74, 6) is 1.41. The number of aromatic amines is 1. The van der Waals surface area contributed by atoms with Crippen molar-refractivity contribution >= 4 is 10.9 Å². The van der Waals surface area contributed by atoms with E-state index >= 15 is 0 Å². The molecule has 1 N–H and O–H groups in total. The highest BCUT2D eigenvalue weighted by atomic mass is 19.1. The van der Waals surface area contributed by atoms with Gasteiger partial charge in [-0.05, 0) is 55.2 Å². The predicted octanol–water partition coefficient (Wildman–Crippen LogP) is 4.07. The second-order valence-corrected chi connectivity index (χ2v) is 7.16. The molecule has 1 aliphatic heterocycles. The number of aryl methyl sites for hydroxylation is 2. The molecule has 0 aliphatic carbocycles. The Balaban J connectivity index is 1.58. The topological polar surface area (TPSA) is 83.2 Å². The molecule has 0 radical (unpaired) electrons. The molecule has 1 atom stereocenters. The van der Waals surface area contributed by atoms with Crippen molar-refractivity contribution in [3.05, 3.63) is 65.0 Å². The van der Waals surface area contributed by atoms with Gasteiger partial charge >= 0.3 is 0 Å². The van der Waals surface area contributed by atoms with Crippen LogP contribution in [0.1, 0.15) is 41.4 Å². The van der Waals surface area contributed by atoms with Crippen LogP contribution in [0.3, 0.4) is 0 Å². The van der Waals surface area contributed by atoms with E-state index in [9.17, 15) is 4.39 Å². The van der Waals surface area contributed by atoms with Gasteiger partial charge in [-0.25, -0.2) is 19.0 Å². The fraction of sp³-hybridized carbons (Fsp3) is 0.238. The predicted molar refractivity (Wildman–Crippen MR) is 102 cm³/mol. The number of fused-ring (bicyclic) bond motifs is 2. The molecule has 138 valence electrons. The number of pyridine rings is 1. The summed E-state index contributed by atoms with van der Waals surface area (Å²) >= 11 is 0. The molecule has 4 aromatic rings. The highest BCUT2D eigenvalue weighted by molar-refractivity contribution is 5.84. The summed E-state index contributed by atoms with van der Waals surface area (Å²) in [5, 5.41) is 14.6. The molecule has 5 rings (SSSR count). The summed E-state index contributed by atoms with van der Waals surface area (Å²) in [5.41, 5.74) is 4.04. The van der Waals surface area contributed by atoms with Gasteiger partial charge in [0.05, 0.1) is 17.4 Å². The third-order valence-electron chi connectivity index (χ3n) is 5.34. The molecular formula is C21H17FN6. The van der Waals surface area contributed by atoms with Gasteiger partial charge in [-0.15, -0.1) is 5.10 Å². The zero-order chi connectivity index (χ0) is 19.3. The minimum Gasteiger partial charge on any atom is -0.351 e. The van der Waals surface area contributed by atoms with Gasteiger partial charge in [0, 0.05) is 17.8 Å². The smallest absolute Gasteiger partial charge is 0.197 e. The molecule has 0 fully saturated rings. The van der Waals surface area contributed by atoms with Gasteiger partial charge in [0.1, 0.15) is 23.4 Å². The minimum absolute atomic E-state index is 0.104. The normalized spacial score (nSPS) is 16.1. The first kappa shape index (κ1) is 16.6. The number of nitriles is 1. The Morgan fingerprint density at radius 1 is 1.29 bits per heavy atom. The number of rotatable bonds is 2. The first-order chi connectivity index (χ1) is 13.6. The summed E-state index contributed by atoms with van der Waals surface area (Å²) in [6, 6.07) is 10.7. The highest BCUT2D eigenvalue weighted by Gasteiger charge is 2.27. The molecule has 7 heteroatoms. The van der Waals surface area contributed by atoms with Crippen molar-refractivity contribution in [2.24, 2.45) is 0 Å². The second kappa shape index (κ2) is 6.27. The molecule has 28 heavy (non-hydrogen) atoms. The van der Waals surface area contributed by atoms with Crippen LogP contribution in [0, 0.1) is 24.1 Å². The number of nitrogens with one attached hydrogen (secondary N) is 1. The zero-order valence-corrected chi connectivity index (χ0v) is 15.3. The fourth-order valence-corrected chi connectivity index (χ4v) is 4.00. The average Bonchev–Trinajstić information content (AvgIpc) is 3.31. The van der Waals surface area contributed by atoms with Crippen molar-refractivity contribution in [3.8, 4) is 17.6 Å². The average molecular weight is 372 g/mol. The largest absolute Gasteiger partial charge is 0.351 e. The van der Waals surface area contributed by atoms with E-state index in [0.717, 1.165) is 52.9 Å². The Bertz CT molecular complexity index is 1250. The number of benzene rings is 1. The van der Waals surface area contributed by atoms with Gasteiger partial charge in [-0.3, -0.25) is 0 Å². The van der Waals surface area contributed by atoms with E-state index in [1.54, 1.807) is 18.3 Å². The van der Waals surface area contributed by atoms with E-state index in [1.165, 1.54) is 6.07 Å². The number of hydrogen-bond donors (Lipinski definition) is 1. The van der Waals surface area contributed by atoms with Gasteiger partial charge in [0.25, 0.3) is 0 Å². The van der Waals surface area contributed by atoms with Crippen molar-refractivity contribution in [1.82, 2.24) is 24.7 Å².